The molecule has 1 unspecified atom stereocenters. The van der Waals surface area contributed by atoms with Crippen LogP contribution in [-0.4, -0.2) is 21.5 Å². The van der Waals surface area contributed by atoms with Crippen molar-refractivity contribution in [1.82, 2.24) is 5.32 Å². The van der Waals surface area contributed by atoms with Crippen LogP contribution in [0.5, 0.6) is 0 Å². The lowest BCUT2D eigenvalue weighted by molar-refractivity contribution is 0.637. The summed E-state index contributed by atoms with van der Waals surface area (Å²) < 4.78 is 14.1. The second-order valence-corrected chi connectivity index (χ2v) is 8.06. The van der Waals surface area contributed by atoms with E-state index < -0.39 is 8.41 Å². The minimum atomic E-state index is -2.45. The first-order valence-corrected chi connectivity index (χ1v) is 7.48. The Hall–Kier alpha value is -0.153. The minimum absolute atomic E-state index is 0.211. The average Bonchev–Trinajstić information content (AvgIpc) is 2.17. The largest absolute Gasteiger partial charge is 0.314 e. The normalized spacial score (nSPS) is 14.2. The van der Waals surface area contributed by atoms with Gasteiger partial charge in [-0.2, -0.15) is 0 Å². The predicted octanol–water partition coefficient (Wildman–Crippen LogP) is 3.11. The molecule has 0 aromatic carbocycles. The van der Waals surface area contributed by atoms with Gasteiger partial charge in [0.25, 0.3) is 8.41 Å². The second-order valence-electron chi connectivity index (χ2n) is 3.59. The van der Waals surface area contributed by atoms with E-state index in [1.807, 2.05) is 26.8 Å². The van der Waals surface area contributed by atoms with E-state index in [9.17, 15) is 4.11 Å². The summed E-state index contributed by atoms with van der Waals surface area (Å²) in [5.41, 5.74) is 0.211. The highest BCUT2D eigenvalue weighted by molar-refractivity contribution is 6.74. The Morgan fingerprint density at radius 3 is 2.38 bits per heavy atom. The Morgan fingerprint density at radius 1 is 1.46 bits per heavy atom. The van der Waals surface area contributed by atoms with Crippen LogP contribution in [-0.2, 0) is 0 Å². The van der Waals surface area contributed by atoms with Crippen LogP contribution in [0.15, 0.2) is 12.7 Å². The molecule has 0 spiro atoms. The van der Waals surface area contributed by atoms with Crippen LogP contribution < -0.4 is 5.32 Å². The molecule has 3 heteroatoms. The SMILES string of the molecule is C=CCNCC(C)[Si](F)(CC)CC. The van der Waals surface area contributed by atoms with Crippen LogP contribution in [0.2, 0.25) is 17.6 Å². The highest BCUT2D eigenvalue weighted by Gasteiger charge is 2.35. The topological polar surface area (TPSA) is 12.0 Å². The molecule has 0 heterocycles. The first-order chi connectivity index (χ1) is 6.10. The Balaban J connectivity index is 3.90. The maximum atomic E-state index is 14.1. The van der Waals surface area contributed by atoms with Gasteiger partial charge in [0.15, 0.2) is 0 Å². The average molecular weight is 203 g/mol. The van der Waals surface area contributed by atoms with Crippen molar-refractivity contribution in [2.75, 3.05) is 13.1 Å². The molecule has 0 bridgehead atoms. The van der Waals surface area contributed by atoms with Crippen LogP contribution >= 0.6 is 0 Å². The molecule has 13 heavy (non-hydrogen) atoms. The van der Waals surface area contributed by atoms with E-state index >= 15 is 0 Å². The molecule has 0 saturated heterocycles. The second kappa shape index (κ2) is 6.32. The van der Waals surface area contributed by atoms with Gasteiger partial charge in [-0.15, -0.1) is 6.58 Å². The van der Waals surface area contributed by atoms with Crippen LogP contribution in [0.1, 0.15) is 20.8 Å². The summed E-state index contributed by atoms with van der Waals surface area (Å²) in [5.74, 6) is 0. The van der Waals surface area contributed by atoms with Gasteiger partial charge in [-0.3, -0.25) is 0 Å². The third-order valence-corrected chi connectivity index (χ3v) is 7.12. The maximum Gasteiger partial charge on any atom is 0.250 e. The summed E-state index contributed by atoms with van der Waals surface area (Å²) in [5, 5.41) is 3.19. The quantitative estimate of drug-likeness (QED) is 0.290. The van der Waals surface area contributed by atoms with E-state index in [1.165, 1.54) is 0 Å². The van der Waals surface area contributed by atoms with E-state index in [2.05, 4.69) is 11.9 Å². The number of nitrogens with one attached hydrogen (secondary N) is 1. The molecule has 1 atom stereocenters. The molecular formula is C10H22FNSi. The highest BCUT2D eigenvalue weighted by Crippen LogP contribution is 2.29. The molecule has 0 radical (unpaired) electrons. The third kappa shape index (κ3) is 4.05. The van der Waals surface area contributed by atoms with Crippen LogP contribution in [0.3, 0.4) is 0 Å². The number of hydrogen-bond donors (Lipinski definition) is 1. The fourth-order valence-corrected chi connectivity index (χ4v) is 3.94. The van der Waals surface area contributed by atoms with E-state index in [0.717, 1.165) is 25.2 Å². The zero-order valence-corrected chi connectivity index (χ0v) is 10.1. The van der Waals surface area contributed by atoms with Crippen LogP contribution in [0.4, 0.5) is 4.11 Å². The molecule has 0 amide bonds. The Morgan fingerprint density at radius 2 is 2.00 bits per heavy atom. The zero-order chi connectivity index (χ0) is 10.3. The number of halogens is 1. The van der Waals surface area contributed by atoms with Gasteiger partial charge < -0.3 is 9.42 Å². The Kier molecular flexibility index (Phi) is 6.25. The predicted molar refractivity (Wildman–Crippen MR) is 60.3 cm³/mol. The summed E-state index contributed by atoms with van der Waals surface area (Å²) in [6.45, 7) is 11.2. The lowest BCUT2D eigenvalue weighted by atomic mass is 10.4. The maximum absolute atomic E-state index is 14.1. The molecular weight excluding hydrogens is 181 g/mol. The molecule has 78 valence electrons. The van der Waals surface area contributed by atoms with Gasteiger partial charge >= 0.3 is 0 Å². The standard InChI is InChI=1S/C10H22FNSi/c1-5-8-12-9-10(4)13(11,6-2)7-3/h5,10,12H,1,6-9H2,2-4H3. The highest BCUT2D eigenvalue weighted by atomic mass is 28.4. The molecule has 0 fully saturated rings. The molecule has 0 aromatic heterocycles. The summed E-state index contributed by atoms with van der Waals surface area (Å²) in [6, 6.07) is 1.47. The molecule has 0 aromatic rings. The van der Waals surface area contributed by atoms with Gasteiger partial charge in [0.05, 0.1) is 0 Å². The van der Waals surface area contributed by atoms with E-state index in [4.69, 9.17) is 0 Å². The van der Waals surface area contributed by atoms with E-state index in [0.29, 0.717) is 0 Å². The lowest BCUT2D eigenvalue weighted by Crippen LogP contribution is -2.37. The molecule has 0 aliphatic rings. The van der Waals surface area contributed by atoms with Crippen molar-refractivity contribution in [3.63, 3.8) is 0 Å². The monoisotopic (exact) mass is 203 g/mol. The summed E-state index contributed by atoms with van der Waals surface area (Å²) in [4.78, 5) is 0. The summed E-state index contributed by atoms with van der Waals surface area (Å²) in [7, 11) is -2.45. The third-order valence-electron chi connectivity index (χ3n) is 2.80. The van der Waals surface area contributed by atoms with Crippen molar-refractivity contribution in [3.8, 4) is 0 Å². The van der Waals surface area contributed by atoms with Crippen molar-refractivity contribution >= 4 is 8.41 Å². The fourth-order valence-electron chi connectivity index (χ4n) is 1.53. The summed E-state index contributed by atoms with van der Waals surface area (Å²) >= 11 is 0. The van der Waals surface area contributed by atoms with Crippen LogP contribution in [0.25, 0.3) is 0 Å². The minimum Gasteiger partial charge on any atom is -0.314 e. The van der Waals surface area contributed by atoms with Gasteiger partial charge in [0, 0.05) is 6.54 Å². The first kappa shape index (κ1) is 12.8. The molecule has 0 rings (SSSR count). The fraction of sp³-hybridized carbons (Fsp3) is 0.800. The number of rotatable bonds is 7. The molecule has 0 aliphatic heterocycles. The Labute approximate surface area is 82.6 Å². The molecule has 1 N–H and O–H groups in total. The van der Waals surface area contributed by atoms with Crippen molar-refractivity contribution in [3.05, 3.63) is 12.7 Å². The smallest absolute Gasteiger partial charge is 0.250 e. The number of hydrogen-bond acceptors (Lipinski definition) is 1. The molecule has 0 aliphatic carbocycles. The van der Waals surface area contributed by atoms with Gasteiger partial charge in [0.1, 0.15) is 0 Å². The van der Waals surface area contributed by atoms with Crippen molar-refractivity contribution in [2.45, 2.75) is 38.4 Å². The van der Waals surface area contributed by atoms with E-state index in [-0.39, 0.29) is 5.54 Å². The van der Waals surface area contributed by atoms with Crippen molar-refractivity contribution in [2.24, 2.45) is 0 Å². The molecule has 1 nitrogen and oxygen atoms in total. The summed E-state index contributed by atoms with van der Waals surface area (Å²) in [6.07, 6.45) is 1.81. The zero-order valence-electron chi connectivity index (χ0n) is 9.07. The van der Waals surface area contributed by atoms with Crippen molar-refractivity contribution in [1.29, 1.82) is 0 Å². The lowest BCUT2D eigenvalue weighted by Gasteiger charge is -2.26. The van der Waals surface area contributed by atoms with Gasteiger partial charge in [-0.25, -0.2) is 0 Å². The molecule has 0 saturated carbocycles. The Bertz CT molecular complexity index is 146. The van der Waals surface area contributed by atoms with Gasteiger partial charge in [-0.05, 0) is 24.2 Å². The van der Waals surface area contributed by atoms with Gasteiger partial charge in [-0.1, -0.05) is 26.8 Å². The van der Waals surface area contributed by atoms with Gasteiger partial charge in [0.2, 0.25) is 0 Å². The van der Waals surface area contributed by atoms with E-state index in [1.54, 1.807) is 0 Å². The van der Waals surface area contributed by atoms with Crippen LogP contribution in [0, 0.1) is 0 Å². The first-order valence-electron chi connectivity index (χ1n) is 5.11. The van der Waals surface area contributed by atoms with Crippen molar-refractivity contribution < 1.29 is 4.11 Å².